The lowest BCUT2D eigenvalue weighted by Gasteiger charge is -2.14. The van der Waals surface area contributed by atoms with Crippen LogP contribution in [0.15, 0.2) is 97.1 Å². The maximum Gasteiger partial charge on any atom is 0.0490 e. The van der Waals surface area contributed by atoms with Crippen molar-refractivity contribution in [1.82, 2.24) is 0 Å². The second-order valence-corrected chi connectivity index (χ2v) is 6.90. The number of hydrogen-bond donors (Lipinski definition) is 0. The standard InChI is InChI=1S/C24H16Cl2/c25-22-15-14-19(16-21(22)17-8-3-1-4-9-17)20-12-7-13-23(26)24(20)18-10-5-2-6-11-18/h1-16H. The molecule has 0 atom stereocenters. The molecule has 2 heteroatoms. The van der Waals surface area contributed by atoms with Crippen molar-refractivity contribution in [1.29, 1.82) is 0 Å². The second-order valence-electron chi connectivity index (χ2n) is 6.09. The molecule has 26 heavy (non-hydrogen) atoms. The molecule has 4 rings (SSSR count). The van der Waals surface area contributed by atoms with Crippen molar-refractivity contribution in [3.63, 3.8) is 0 Å². The van der Waals surface area contributed by atoms with Gasteiger partial charge in [0.25, 0.3) is 0 Å². The molecule has 0 N–H and O–H groups in total. The van der Waals surface area contributed by atoms with E-state index in [2.05, 4.69) is 36.4 Å². The van der Waals surface area contributed by atoms with Gasteiger partial charge in [0.1, 0.15) is 0 Å². The molecule has 0 heterocycles. The fourth-order valence-corrected chi connectivity index (χ4v) is 3.70. The van der Waals surface area contributed by atoms with Crippen molar-refractivity contribution >= 4 is 23.2 Å². The van der Waals surface area contributed by atoms with E-state index in [4.69, 9.17) is 23.2 Å². The molecule has 0 saturated heterocycles. The van der Waals surface area contributed by atoms with Gasteiger partial charge in [-0.05, 0) is 40.5 Å². The molecule has 0 aliphatic rings. The summed E-state index contributed by atoms with van der Waals surface area (Å²) >= 11 is 13.1. The van der Waals surface area contributed by atoms with Crippen molar-refractivity contribution in [2.75, 3.05) is 0 Å². The molecule has 126 valence electrons. The average Bonchev–Trinajstić information content (AvgIpc) is 2.69. The van der Waals surface area contributed by atoms with Crippen LogP contribution in [0.25, 0.3) is 33.4 Å². The molecule has 0 bridgehead atoms. The summed E-state index contributed by atoms with van der Waals surface area (Å²) in [5.41, 5.74) is 6.44. The van der Waals surface area contributed by atoms with Gasteiger partial charge in [-0.15, -0.1) is 0 Å². The molecule has 4 aromatic carbocycles. The molecular formula is C24H16Cl2. The zero-order chi connectivity index (χ0) is 17.9. The minimum absolute atomic E-state index is 0.739. The lowest BCUT2D eigenvalue weighted by atomic mass is 9.92. The number of hydrogen-bond acceptors (Lipinski definition) is 0. The van der Waals surface area contributed by atoms with Gasteiger partial charge < -0.3 is 0 Å². The first-order valence-corrected chi connectivity index (χ1v) is 9.19. The van der Waals surface area contributed by atoms with E-state index in [1.165, 1.54) is 0 Å². The van der Waals surface area contributed by atoms with Crippen LogP contribution in [0.3, 0.4) is 0 Å². The first-order valence-electron chi connectivity index (χ1n) is 8.43. The van der Waals surface area contributed by atoms with Crippen molar-refractivity contribution in [3.05, 3.63) is 107 Å². The van der Waals surface area contributed by atoms with Crippen LogP contribution in [-0.4, -0.2) is 0 Å². The van der Waals surface area contributed by atoms with Crippen LogP contribution < -0.4 is 0 Å². The van der Waals surface area contributed by atoms with E-state index in [9.17, 15) is 0 Å². The molecule has 0 unspecified atom stereocenters. The van der Waals surface area contributed by atoms with Crippen molar-refractivity contribution in [2.45, 2.75) is 0 Å². The average molecular weight is 375 g/mol. The van der Waals surface area contributed by atoms with Gasteiger partial charge in [-0.2, -0.15) is 0 Å². The van der Waals surface area contributed by atoms with Crippen LogP contribution in [0.5, 0.6) is 0 Å². The minimum Gasteiger partial charge on any atom is -0.0837 e. The first kappa shape index (κ1) is 16.9. The molecular weight excluding hydrogens is 359 g/mol. The summed E-state index contributed by atoms with van der Waals surface area (Å²) in [6.45, 7) is 0. The molecule has 0 radical (unpaired) electrons. The molecule has 0 amide bonds. The highest BCUT2D eigenvalue weighted by Gasteiger charge is 2.13. The Kier molecular flexibility index (Phi) is 4.79. The van der Waals surface area contributed by atoms with E-state index in [-0.39, 0.29) is 0 Å². The molecule has 0 aromatic heterocycles. The van der Waals surface area contributed by atoms with E-state index in [0.29, 0.717) is 0 Å². The summed E-state index contributed by atoms with van der Waals surface area (Å²) in [5, 5.41) is 1.48. The third-order valence-electron chi connectivity index (χ3n) is 4.44. The van der Waals surface area contributed by atoms with Crippen LogP contribution >= 0.6 is 23.2 Å². The lowest BCUT2D eigenvalue weighted by Crippen LogP contribution is -1.88. The zero-order valence-electron chi connectivity index (χ0n) is 14.0. The van der Waals surface area contributed by atoms with E-state index in [0.717, 1.165) is 43.4 Å². The van der Waals surface area contributed by atoms with Crippen molar-refractivity contribution < 1.29 is 0 Å². The molecule has 0 fully saturated rings. The van der Waals surface area contributed by atoms with Crippen LogP contribution in [0.1, 0.15) is 0 Å². The van der Waals surface area contributed by atoms with Gasteiger partial charge in [0.2, 0.25) is 0 Å². The van der Waals surface area contributed by atoms with E-state index in [1.807, 2.05) is 60.7 Å². The first-order chi connectivity index (χ1) is 12.7. The topological polar surface area (TPSA) is 0 Å². The van der Waals surface area contributed by atoms with Gasteiger partial charge in [-0.1, -0.05) is 102 Å². The maximum atomic E-state index is 6.58. The Bertz CT molecular complexity index is 1040. The lowest BCUT2D eigenvalue weighted by molar-refractivity contribution is 1.56. The van der Waals surface area contributed by atoms with E-state index < -0.39 is 0 Å². The predicted molar refractivity (Wildman–Crippen MR) is 113 cm³/mol. The molecule has 0 spiro atoms. The Hall–Kier alpha value is -2.54. The Morgan fingerprint density at radius 1 is 0.423 bits per heavy atom. The van der Waals surface area contributed by atoms with Crippen LogP contribution in [0.4, 0.5) is 0 Å². The zero-order valence-corrected chi connectivity index (χ0v) is 15.5. The number of rotatable bonds is 3. The van der Waals surface area contributed by atoms with E-state index >= 15 is 0 Å². The van der Waals surface area contributed by atoms with Gasteiger partial charge in [0.05, 0.1) is 0 Å². The van der Waals surface area contributed by atoms with E-state index in [1.54, 1.807) is 0 Å². The van der Waals surface area contributed by atoms with Gasteiger partial charge >= 0.3 is 0 Å². The fourth-order valence-electron chi connectivity index (χ4n) is 3.19. The SMILES string of the molecule is Clc1ccc(-c2cccc(Cl)c2-c2ccccc2)cc1-c1ccccc1. The Morgan fingerprint density at radius 3 is 1.77 bits per heavy atom. The van der Waals surface area contributed by atoms with Gasteiger partial charge in [0.15, 0.2) is 0 Å². The molecule has 0 saturated carbocycles. The minimum atomic E-state index is 0.739. The normalized spacial score (nSPS) is 10.7. The molecule has 0 aliphatic heterocycles. The molecule has 0 nitrogen and oxygen atoms in total. The Labute approximate surface area is 163 Å². The number of benzene rings is 4. The monoisotopic (exact) mass is 374 g/mol. The summed E-state index contributed by atoms with van der Waals surface area (Å²) in [4.78, 5) is 0. The Balaban J connectivity index is 1.91. The van der Waals surface area contributed by atoms with Crippen molar-refractivity contribution in [2.24, 2.45) is 0 Å². The summed E-state index contributed by atoms with van der Waals surface area (Å²) in [6.07, 6.45) is 0. The van der Waals surface area contributed by atoms with Gasteiger partial charge in [-0.25, -0.2) is 0 Å². The smallest absolute Gasteiger partial charge is 0.0490 e. The quantitative estimate of drug-likeness (QED) is 0.340. The third-order valence-corrected chi connectivity index (χ3v) is 5.08. The molecule has 0 aliphatic carbocycles. The second kappa shape index (κ2) is 7.37. The Morgan fingerprint density at radius 2 is 1.08 bits per heavy atom. The number of halogens is 2. The van der Waals surface area contributed by atoms with Crippen molar-refractivity contribution in [3.8, 4) is 33.4 Å². The predicted octanol–water partition coefficient (Wildman–Crippen LogP) is 7.99. The summed E-state index contributed by atoms with van der Waals surface area (Å²) in [6, 6.07) is 32.6. The van der Waals surface area contributed by atoms with Gasteiger partial charge in [-0.3, -0.25) is 0 Å². The maximum absolute atomic E-state index is 6.58. The van der Waals surface area contributed by atoms with Gasteiger partial charge in [0, 0.05) is 21.2 Å². The molecule has 4 aromatic rings. The van der Waals surface area contributed by atoms with Crippen LogP contribution in [-0.2, 0) is 0 Å². The summed E-state index contributed by atoms with van der Waals surface area (Å²) in [5.74, 6) is 0. The third kappa shape index (κ3) is 3.26. The summed E-state index contributed by atoms with van der Waals surface area (Å²) in [7, 11) is 0. The van der Waals surface area contributed by atoms with Crippen LogP contribution in [0.2, 0.25) is 10.0 Å². The highest BCUT2D eigenvalue weighted by atomic mass is 35.5. The fraction of sp³-hybridized carbons (Fsp3) is 0. The largest absolute Gasteiger partial charge is 0.0837 e. The highest BCUT2D eigenvalue weighted by molar-refractivity contribution is 6.34. The highest BCUT2D eigenvalue weighted by Crippen LogP contribution is 2.40. The van der Waals surface area contributed by atoms with Crippen LogP contribution in [0, 0.1) is 0 Å². The summed E-state index contributed by atoms with van der Waals surface area (Å²) < 4.78 is 0.